The zero-order valence-corrected chi connectivity index (χ0v) is 14.4. The molecule has 0 bridgehead atoms. The van der Waals surface area contributed by atoms with Gasteiger partial charge in [0.05, 0.1) is 6.04 Å². The molecule has 1 atom stereocenters. The number of nitrogens with zero attached hydrogens (tertiary/aromatic N) is 2. The fourth-order valence-electron chi connectivity index (χ4n) is 2.88. The minimum atomic E-state index is -1.06. The van der Waals surface area contributed by atoms with Gasteiger partial charge in [-0.2, -0.15) is 11.3 Å². The van der Waals surface area contributed by atoms with E-state index in [4.69, 9.17) is 0 Å². The SMILES string of the molecule is CN(C(=O)O)C(CNC(=O)N1Cc2ccc(F)cc2C1)c1ccsc1. The van der Waals surface area contributed by atoms with E-state index in [9.17, 15) is 19.1 Å². The summed E-state index contributed by atoms with van der Waals surface area (Å²) in [5, 5.41) is 15.8. The number of amides is 3. The third kappa shape index (κ3) is 3.74. The lowest BCUT2D eigenvalue weighted by Gasteiger charge is -2.26. The Balaban J connectivity index is 1.64. The maximum atomic E-state index is 13.3. The molecule has 1 unspecified atom stereocenters. The Labute approximate surface area is 148 Å². The van der Waals surface area contributed by atoms with E-state index in [0.717, 1.165) is 16.7 Å². The number of urea groups is 1. The van der Waals surface area contributed by atoms with E-state index in [0.29, 0.717) is 13.1 Å². The maximum Gasteiger partial charge on any atom is 0.407 e. The highest BCUT2D eigenvalue weighted by atomic mass is 32.1. The number of likely N-dealkylation sites (N-methyl/N-ethyl adjacent to an activating group) is 1. The lowest BCUT2D eigenvalue weighted by atomic mass is 10.1. The van der Waals surface area contributed by atoms with Crippen molar-refractivity contribution in [3.63, 3.8) is 0 Å². The molecule has 2 aromatic rings. The maximum absolute atomic E-state index is 13.3. The predicted octanol–water partition coefficient (Wildman–Crippen LogP) is 3.26. The summed E-state index contributed by atoms with van der Waals surface area (Å²) in [6.45, 7) is 0.926. The quantitative estimate of drug-likeness (QED) is 0.876. The third-order valence-electron chi connectivity index (χ3n) is 4.32. The summed E-state index contributed by atoms with van der Waals surface area (Å²) in [5.41, 5.74) is 2.56. The van der Waals surface area contributed by atoms with Crippen molar-refractivity contribution >= 4 is 23.5 Å². The van der Waals surface area contributed by atoms with Gasteiger partial charge < -0.3 is 20.2 Å². The Bertz CT molecular complexity index is 781. The number of benzene rings is 1. The van der Waals surface area contributed by atoms with Gasteiger partial charge in [0.25, 0.3) is 0 Å². The molecule has 1 aliphatic rings. The number of halogens is 1. The topological polar surface area (TPSA) is 72.9 Å². The molecule has 0 aliphatic carbocycles. The van der Waals surface area contributed by atoms with Crippen LogP contribution in [0.25, 0.3) is 0 Å². The first-order valence-corrected chi connectivity index (χ1v) is 8.68. The molecule has 1 aromatic carbocycles. The Morgan fingerprint density at radius 1 is 1.36 bits per heavy atom. The third-order valence-corrected chi connectivity index (χ3v) is 5.02. The largest absolute Gasteiger partial charge is 0.465 e. The Morgan fingerprint density at radius 2 is 2.12 bits per heavy atom. The van der Waals surface area contributed by atoms with Gasteiger partial charge in [-0.05, 0) is 45.6 Å². The lowest BCUT2D eigenvalue weighted by molar-refractivity contribution is 0.136. The molecule has 3 rings (SSSR count). The highest BCUT2D eigenvalue weighted by Crippen LogP contribution is 2.24. The fourth-order valence-corrected chi connectivity index (χ4v) is 3.59. The van der Waals surface area contributed by atoms with Crippen LogP contribution in [0.4, 0.5) is 14.0 Å². The van der Waals surface area contributed by atoms with Crippen LogP contribution in [0.1, 0.15) is 22.7 Å². The molecule has 132 valence electrons. The number of hydrogen-bond acceptors (Lipinski definition) is 3. The van der Waals surface area contributed by atoms with Crippen molar-refractivity contribution in [3.8, 4) is 0 Å². The minimum Gasteiger partial charge on any atom is -0.465 e. The molecule has 6 nitrogen and oxygen atoms in total. The van der Waals surface area contributed by atoms with Crippen LogP contribution in [-0.4, -0.2) is 40.6 Å². The number of fused-ring (bicyclic) bond motifs is 1. The zero-order valence-electron chi connectivity index (χ0n) is 13.6. The van der Waals surface area contributed by atoms with Crippen LogP contribution in [0, 0.1) is 5.82 Å². The smallest absolute Gasteiger partial charge is 0.407 e. The van der Waals surface area contributed by atoms with Crippen molar-refractivity contribution in [3.05, 3.63) is 57.5 Å². The molecule has 0 radical (unpaired) electrons. The molecule has 0 saturated heterocycles. The lowest BCUT2D eigenvalue weighted by Crippen LogP contribution is -2.42. The molecular formula is C17H18FN3O3S. The molecule has 0 saturated carbocycles. The highest BCUT2D eigenvalue weighted by molar-refractivity contribution is 7.08. The highest BCUT2D eigenvalue weighted by Gasteiger charge is 2.26. The van der Waals surface area contributed by atoms with Gasteiger partial charge in [0, 0.05) is 26.7 Å². The number of thiophene rings is 1. The van der Waals surface area contributed by atoms with Crippen molar-refractivity contribution in [2.24, 2.45) is 0 Å². The van der Waals surface area contributed by atoms with E-state index < -0.39 is 12.1 Å². The van der Waals surface area contributed by atoms with E-state index in [-0.39, 0.29) is 18.4 Å². The molecule has 2 N–H and O–H groups in total. The average Bonchev–Trinajstić information content (AvgIpc) is 3.23. The summed E-state index contributed by atoms with van der Waals surface area (Å²) >= 11 is 1.47. The van der Waals surface area contributed by atoms with Gasteiger partial charge in [-0.25, -0.2) is 14.0 Å². The van der Waals surface area contributed by atoms with E-state index in [1.54, 1.807) is 11.0 Å². The van der Waals surface area contributed by atoms with Gasteiger partial charge >= 0.3 is 12.1 Å². The number of carboxylic acid groups (broad SMARTS) is 1. The molecule has 25 heavy (non-hydrogen) atoms. The number of carbonyl (C=O) groups excluding carboxylic acids is 1. The molecule has 3 amide bonds. The average molecular weight is 363 g/mol. The van der Waals surface area contributed by atoms with Crippen LogP contribution in [0.2, 0.25) is 0 Å². The van der Waals surface area contributed by atoms with Crippen LogP contribution in [0.15, 0.2) is 35.0 Å². The fraction of sp³-hybridized carbons (Fsp3) is 0.294. The molecule has 2 heterocycles. The molecule has 8 heteroatoms. The van der Waals surface area contributed by atoms with Crippen molar-refractivity contribution in [2.75, 3.05) is 13.6 Å². The van der Waals surface area contributed by atoms with Crippen LogP contribution in [0.5, 0.6) is 0 Å². The van der Waals surface area contributed by atoms with Crippen LogP contribution < -0.4 is 5.32 Å². The molecule has 0 fully saturated rings. The summed E-state index contributed by atoms with van der Waals surface area (Å²) in [7, 11) is 1.48. The predicted molar refractivity (Wildman–Crippen MR) is 91.9 cm³/mol. The van der Waals surface area contributed by atoms with Gasteiger partial charge in [-0.1, -0.05) is 6.07 Å². The molecular weight excluding hydrogens is 345 g/mol. The summed E-state index contributed by atoms with van der Waals surface area (Å²) in [4.78, 5) is 26.5. The first-order valence-electron chi connectivity index (χ1n) is 7.73. The molecule has 0 spiro atoms. The van der Waals surface area contributed by atoms with E-state index in [1.165, 1.54) is 35.4 Å². The van der Waals surface area contributed by atoms with Crippen molar-refractivity contribution in [1.82, 2.24) is 15.1 Å². The second-order valence-electron chi connectivity index (χ2n) is 5.92. The Hall–Kier alpha value is -2.61. The molecule has 1 aliphatic heterocycles. The first kappa shape index (κ1) is 17.2. The van der Waals surface area contributed by atoms with Crippen LogP contribution in [0.3, 0.4) is 0 Å². The molecule has 1 aromatic heterocycles. The summed E-state index contributed by atoms with van der Waals surface area (Å²) in [6.07, 6.45) is -1.06. The normalized spacial score (nSPS) is 14.1. The van der Waals surface area contributed by atoms with Gasteiger partial charge in [0.2, 0.25) is 0 Å². The van der Waals surface area contributed by atoms with Gasteiger partial charge in [0.15, 0.2) is 0 Å². The summed E-state index contributed by atoms with van der Waals surface area (Å²) < 4.78 is 13.3. The van der Waals surface area contributed by atoms with Gasteiger partial charge in [0.1, 0.15) is 5.82 Å². The number of hydrogen-bond donors (Lipinski definition) is 2. The van der Waals surface area contributed by atoms with Crippen LogP contribution in [-0.2, 0) is 13.1 Å². The van der Waals surface area contributed by atoms with E-state index in [1.807, 2.05) is 16.8 Å². The Morgan fingerprint density at radius 3 is 2.80 bits per heavy atom. The van der Waals surface area contributed by atoms with Crippen molar-refractivity contribution < 1.29 is 19.1 Å². The van der Waals surface area contributed by atoms with Crippen molar-refractivity contribution in [1.29, 1.82) is 0 Å². The summed E-state index contributed by atoms with van der Waals surface area (Å²) in [6, 6.07) is 5.59. The second kappa shape index (κ2) is 7.10. The number of nitrogens with one attached hydrogen (secondary N) is 1. The van der Waals surface area contributed by atoms with Gasteiger partial charge in [-0.3, -0.25) is 0 Å². The minimum absolute atomic E-state index is 0.166. The zero-order chi connectivity index (χ0) is 18.0. The second-order valence-corrected chi connectivity index (χ2v) is 6.70. The van der Waals surface area contributed by atoms with Gasteiger partial charge in [-0.15, -0.1) is 0 Å². The van der Waals surface area contributed by atoms with E-state index >= 15 is 0 Å². The van der Waals surface area contributed by atoms with Crippen molar-refractivity contribution in [2.45, 2.75) is 19.1 Å². The first-order chi connectivity index (χ1) is 12.0. The van der Waals surface area contributed by atoms with E-state index in [2.05, 4.69) is 5.32 Å². The number of rotatable bonds is 4. The van der Waals surface area contributed by atoms with Crippen LogP contribution >= 0.6 is 11.3 Å². The number of carbonyl (C=O) groups is 2. The standard InChI is InChI=1S/C17H18FN3O3S/c1-20(17(23)24)15(12-4-5-25-10-12)7-19-16(22)21-8-11-2-3-14(18)6-13(11)9-21/h2-6,10,15H,7-9H2,1H3,(H,19,22)(H,23,24). The monoisotopic (exact) mass is 363 g/mol. The Kier molecular flexibility index (Phi) is 4.89. The summed E-state index contributed by atoms with van der Waals surface area (Å²) in [5.74, 6) is -0.318.